The molecule has 23 heavy (non-hydrogen) atoms. The van der Waals surface area contributed by atoms with Gasteiger partial charge in [0.2, 0.25) is 0 Å². The second kappa shape index (κ2) is 7.90. The van der Waals surface area contributed by atoms with Crippen LogP contribution in [0.25, 0.3) is 0 Å². The van der Waals surface area contributed by atoms with Crippen molar-refractivity contribution in [3.05, 3.63) is 46.1 Å². The van der Waals surface area contributed by atoms with Crippen LogP contribution in [0.2, 0.25) is 10.2 Å². The zero-order chi connectivity index (χ0) is 17.0. The summed E-state index contributed by atoms with van der Waals surface area (Å²) in [5.41, 5.74) is 0.428. The summed E-state index contributed by atoms with van der Waals surface area (Å²) in [6.07, 6.45) is 1.64. The fourth-order valence-corrected chi connectivity index (χ4v) is 2.97. The summed E-state index contributed by atoms with van der Waals surface area (Å²) in [4.78, 5) is 14.6. The molecule has 1 atom stereocenters. The molecule has 126 valence electrons. The van der Waals surface area contributed by atoms with E-state index in [9.17, 15) is 4.79 Å². The van der Waals surface area contributed by atoms with Crippen LogP contribution >= 0.6 is 23.2 Å². The molecule has 0 spiro atoms. The van der Waals surface area contributed by atoms with Gasteiger partial charge in [0.15, 0.2) is 0 Å². The SMILES string of the molecule is CCN(CC)C(CNC(=O)c1cc(Cl)c(Cl)n1C)c1ccco1. The topological polar surface area (TPSA) is 50.4 Å². The van der Waals surface area contributed by atoms with Crippen molar-refractivity contribution in [3.63, 3.8) is 0 Å². The number of furan rings is 1. The molecule has 0 aliphatic rings. The van der Waals surface area contributed by atoms with Gasteiger partial charge >= 0.3 is 0 Å². The van der Waals surface area contributed by atoms with Gasteiger partial charge in [0, 0.05) is 13.6 Å². The zero-order valence-corrected chi connectivity index (χ0v) is 15.0. The Kier molecular flexibility index (Phi) is 6.16. The minimum atomic E-state index is -0.218. The average Bonchev–Trinajstić information content (AvgIpc) is 3.16. The van der Waals surface area contributed by atoms with Gasteiger partial charge in [0.25, 0.3) is 5.91 Å². The lowest BCUT2D eigenvalue weighted by Gasteiger charge is -2.28. The molecule has 5 nitrogen and oxygen atoms in total. The summed E-state index contributed by atoms with van der Waals surface area (Å²) >= 11 is 12.0. The van der Waals surface area contributed by atoms with Crippen LogP contribution in [-0.4, -0.2) is 35.0 Å². The second-order valence-corrected chi connectivity index (χ2v) is 5.96. The first-order chi connectivity index (χ1) is 11.0. The number of likely N-dealkylation sites (N-methyl/N-ethyl adjacent to an activating group) is 1. The molecule has 0 bridgehead atoms. The third-order valence-corrected chi connectivity index (χ3v) is 4.77. The first-order valence-corrected chi connectivity index (χ1v) is 8.31. The van der Waals surface area contributed by atoms with Gasteiger partial charge < -0.3 is 14.3 Å². The number of nitrogens with one attached hydrogen (secondary N) is 1. The van der Waals surface area contributed by atoms with Gasteiger partial charge in [-0.2, -0.15) is 0 Å². The molecule has 0 radical (unpaired) electrons. The normalized spacial score (nSPS) is 12.6. The number of aromatic nitrogens is 1. The maximum absolute atomic E-state index is 12.4. The number of carbonyl (C=O) groups excluding carboxylic acids is 1. The number of halogens is 2. The molecule has 0 aromatic carbocycles. The fraction of sp³-hybridized carbons (Fsp3) is 0.438. The van der Waals surface area contributed by atoms with E-state index < -0.39 is 0 Å². The first kappa shape index (κ1) is 17.9. The van der Waals surface area contributed by atoms with Gasteiger partial charge in [-0.1, -0.05) is 37.0 Å². The van der Waals surface area contributed by atoms with Crippen LogP contribution in [0.3, 0.4) is 0 Å². The predicted molar refractivity (Wildman–Crippen MR) is 92.1 cm³/mol. The van der Waals surface area contributed by atoms with Crippen molar-refractivity contribution >= 4 is 29.1 Å². The van der Waals surface area contributed by atoms with Crippen molar-refractivity contribution < 1.29 is 9.21 Å². The first-order valence-electron chi connectivity index (χ1n) is 7.55. The minimum absolute atomic E-state index is 0.0184. The van der Waals surface area contributed by atoms with E-state index in [4.69, 9.17) is 27.6 Å². The molecule has 1 amide bonds. The smallest absolute Gasteiger partial charge is 0.268 e. The summed E-state index contributed by atoms with van der Waals surface area (Å²) < 4.78 is 7.09. The van der Waals surface area contributed by atoms with Crippen LogP contribution in [0.1, 0.15) is 36.1 Å². The Hall–Kier alpha value is -1.43. The van der Waals surface area contributed by atoms with Crippen LogP contribution in [-0.2, 0) is 7.05 Å². The Bertz CT molecular complexity index is 649. The highest BCUT2D eigenvalue weighted by Gasteiger charge is 2.23. The highest BCUT2D eigenvalue weighted by atomic mass is 35.5. The Morgan fingerprint density at radius 1 is 1.39 bits per heavy atom. The maximum atomic E-state index is 12.4. The Labute approximate surface area is 146 Å². The van der Waals surface area contributed by atoms with Crippen LogP contribution in [0, 0.1) is 0 Å². The Morgan fingerprint density at radius 3 is 2.57 bits per heavy atom. The third-order valence-electron chi connectivity index (χ3n) is 3.93. The molecule has 2 heterocycles. The number of rotatable bonds is 7. The predicted octanol–water partition coefficient (Wildman–Crippen LogP) is 3.74. The van der Waals surface area contributed by atoms with Gasteiger partial charge in [-0.05, 0) is 31.3 Å². The average molecular weight is 358 g/mol. The lowest BCUT2D eigenvalue weighted by molar-refractivity contribution is 0.0921. The zero-order valence-electron chi connectivity index (χ0n) is 13.5. The Morgan fingerprint density at radius 2 is 2.09 bits per heavy atom. The van der Waals surface area contributed by atoms with Crippen molar-refractivity contribution in [1.82, 2.24) is 14.8 Å². The van der Waals surface area contributed by atoms with E-state index >= 15 is 0 Å². The van der Waals surface area contributed by atoms with E-state index in [2.05, 4.69) is 24.1 Å². The quantitative estimate of drug-likeness (QED) is 0.820. The monoisotopic (exact) mass is 357 g/mol. The number of hydrogen-bond acceptors (Lipinski definition) is 3. The Balaban J connectivity index is 2.12. The van der Waals surface area contributed by atoms with Crippen molar-refractivity contribution in [2.45, 2.75) is 19.9 Å². The van der Waals surface area contributed by atoms with Crippen LogP contribution in [0.5, 0.6) is 0 Å². The second-order valence-electron chi connectivity index (χ2n) is 5.19. The van der Waals surface area contributed by atoms with Gasteiger partial charge in [0.05, 0.1) is 17.3 Å². The molecular formula is C16H21Cl2N3O2. The molecule has 0 aliphatic heterocycles. The third kappa shape index (κ3) is 3.91. The van der Waals surface area contributed by atoms with Crippen LogP contribution in [0.4, 0.5) is 0 Å². The van der Waals surface area contributed by atoms with E-state index in [0.29, 0.717) is 22.4 Å². The summed E-state index contributed by atoms with van der Waals surface area (Å²) in [5, 5.41) is 3.66. The lowest BCUT2D eigenvalue weighted by atomic mass is 10.2. The molecule has 2 rings (SSSR count). The summed E-state index contributed by atoms with van der Waals surface area (Å²) in [6, 6.07) is 5.32. The largest absolute Gasteiger partial charge is 0.468 e. The van der Waals surface area contributed by atoms with Gasteiger partial charge in [-0.25, -0.2) is 0 Å². The van der Waals surface area contributed by atoms with E-state index in [1.165, 1.54) is 0 Å². The molecule has 1 N–H and O–H groups in total. The number of carbonyl (C=O) groups is 1. The molecule has 0 aliphatic carbocycles. The van der Waals surface area contributed by atoms with E-state index in [-0.39, 0.29) is 11.9 Å². The standard InChI is InChI=1S/C16H21Cl2N3O2/c1-4-21(5-2)13(14-7-6-8-23-14)10-19-16(22)12-9-11(17)15(18)20(12)3/h6-9,13H,4-5,10H2,1-3H3,(H,19,22). The van der Waals surface area contributed by atoms with E-state index in [1.54, 1.807) is 23.9 Å². The van der Waals surface area contributed by atoms with Crippen LogP contribution < -0.4 is 5.32 Å². The molecule has 0 saturated heterocycles. The lowest BCUT2D eigenvalue weighted by Crippen LogP contribution is -2.38. The molecule has 0 fully saturated rings. The van der Waals surface area contributed by atoms with E-state index in [0.717, 1.165) is 18.8 Å². The number of hydrogen-bond donors (Lipinski definition) is 1. The molecule has 1 unspecified atom stereocenters. The fourth-order valence-electron chi connectivity index (χ4n) is 2.60. The minimum Gasteiger partial charge on any atom is -0.468 e. The number of amides is 1. The highest BCUT2D eigenvalue weighted by Crippen LogP contribution is 2.25. The van der Waals surface area contributed by atoms with Gasteiger partial charge in [0.1, 0.15) is 16.6 Å². The molecule has 2 aromatic rings. The molecule has 0 saturated carbocycles. The van der Waals surface area contributed by atoms with Crippen LogP contribution in [0.15, 0.2) is 28.9 Å². The van der Waals surface area contributed by atoms with Crippen molar-refractivity contribution in [1.29, 1.82) is 0 Å². The molecule has 7 heteroatoms. The van der Waals surface area contributed by atoms with Gasteiger partial charge in [-0.3, -0.25) is 9.69 Å². The summed E-state index contributed by atoms with van der Waals surface area (Å²) in [6.45, 7) is 6.32. The number of nitrogens with zero attached hydrogens (tertiary/aromatic N) is 2. The van der Waals surface area contributed by atoms with Crippen molar-refractivity contribution in [2.24, 2.45) is 7.05 Å². The molecule has 2 aromatic heterocycles. The van der Waals surface area contributed by atoms with Crippen molar-refractivity contribution in [3.8, 4) is 0 Å². The summed E-state index contributed by atoms with van der Waals surface area (Å²) in [7, 11) is 1.71. The molecular weight excluding hydrogens is 337 g/mol. The van der Waals surface area contributed by atoms with E-state index in [1.807, 2.05) is 12.1 Å². The van der Waals surface area contributed by atoms with Crippen molar-refractivity contribution in [2.75, 3.05) is 19.6 Å². The van der Waals surface area contributed by atoms with Gasteiger partial charge in [-0.15, -0.1) is 0 Å². The summed E-state index contributed by atoms with van der Waals surface area (Å²) in [5.74, 6) is 0.613. The highest BCUT2D eigenvalue weighted by molar-refractivity contribution is 6.41. The maximum Gasteiger partial charge on any atom is 0.268 e.